The summed E-state index contributed by atoms with van der Waals surface area (Å²) in [7, 11) is -3.76. The summed E-state index contributed by atoms with van der Waals surface area (Å²) in [6.07, 6.45) is 0. The van der Waals surface area contributed by atoms with Crippen LogP contribution in [0.2, 0.25) is 5.02 Å². The summed E-state index contributed by atoms with van der Waals surface area (Å²) in [5, 5.41) is 0.378. The first kappa shape index (κ1) is 14.8. The Hall–Kier alpha value is -1.59. The van der Waals surface area contributed by atoms with Crippen molar-refractivity contribution in [2.24, 2.45) is 0 Å². The Morgan fingerprint density at radius 2 is 1.85 bits per heavy atom. The summed E-state index contributed by atoms with van der Waals surface area (Å²) in [6, 6.07) is 8.53. The van der Waals surface area contributed by atoms with Gasteiger partial charge in [-0.2, -0.15) is 0 Å². The Balaban J connectivity index is 2.44. The summed E-state index contributed by atoms with van der Waals surface area (Å²) < 4.78 is 40.2. The van der Waals surface area contributed by atoms with E-state index in [9.17, 15) is 12.8 Å². The number of rotatable bonds is 3. The fourth-order valence-corrected chi connectivity index (χ4v) is 3.45. The van der Waals surface area contributed by atoms with Crippen molar-refractivity contribution in [1.82, 2.24) is 0 Å². The van der Waals surface area contributed by atoms with E-state index >= 15 is 0 Å². The molecule has 0 amide bonds. The molecule has 0 radical (unpaired) electrons. The van der Waals surface area contributed by atoms with Gasteiger partial charge in [0.15, 0.2) is 0 Å². The van der Waals surface area contributed by atoms with Gasteiger partial charge in [0.05, 0.1) is 10.6 Å². The molecule has 0 spiro atoms. The lowest BCUT2D eigenvalue weighted by atomic mass is 10.2. The van der Waals surface area contributed by atoms with E-state index in [0.29, 0.717) is 21.8 Å². The van der Waals surface area contributed by atoms with Crippen molar-refractivity contribution in [2.75, 3.05) is 4.72 Å². The molecule has 20 heavy (non-hydrogen) atoms. The maximum atomic E-state index is 13.0. The van der Waals surface area contributed by atoms with Crippen LogP contribution in [0.25, 0.3) is 0 Å². The molecule has 0 fully saturated rings. The Morgan fingerprint density at radius 3 is 2.50 bits per heavy atom. The maximum Gasteiger partial charge on any atom is 0.262 e. The van der Waals surface area contributed by atoms with E-state index in [2.05, 4.69) is 4.72 Å². The summed E-state index contributed by atoms with van der Waals surface area (Å²) in [5.74, 6) is -0.413. The molecule has 0 aliphatic carbocycles. The highest BCUT2D eigenvalue weighted by atomic mass is 35.5. The van der Waals surface area contributed by atoms with Crippen LogP contribution < -0.4 is 4.72 Å². The lowest BCUT2D eigenvalue weighted by Gasteiger charge is -2.13. The van der Waals surface area contributed by atoms with Crippen LogP contribution in [0, 0.1) is 19.7 Å². The Kier molecular flexibility index (Phi) is 4.01. The molecule has 3 nitrogen and oxygen atoms in total. The largest absolute Gasteiger partial charge is 0.279 e. The van der Waals surface area contributed by atoms with Crippen LogP contribution in [0.3, 0.4) is 0 Å². The molecule has 2 aromatic carbocycles. The van der Waals surface area contributed by atoms with Crippen molar-refractivity contribution in [3.63, 3.8) is 0 Å². The number of sulfonamides is 1. The number of aryl methyl sites for hydroxylation is 1. The predicted molar refractivity (Wildman–Crippen MR) is 78.1 cm³/mol. The smallest absolute Gasteiger partial charge is 0.262 e. The Labute approximate surface area is 122 Å². The highest BCUT2D eigenvalue weighted by Crippen LogP contribution is 2.26. The minimum atomic E-state index is -3.76. The van der Waals surface area contributed by atoms with Gasteiger partial charge in [-0.15, -0.1) is 0 Å². The fourth-order valence-electron chi connectivity index (χ4n) is 1.82. The molecule has 0 saturated carbocycles. The third-order valence-electron chi connectivity index (χ3n) is 2.94. The van der Waals surface area contributed by atoms with Gasteiger partial charge in [0.1, 0.15) is 5.82 Å². The average Bonchev–Trinajstić information content (AvgIpc) is 2.36. The summed E-state index contributed by atoms with van der Waals surface area (Å²) in [4.78, 5) is 0.105. The highest BCUT2D eigenvalue weighted by molar-refractivity contribution is 7.92. The average molecular weight is 314 g/mol. The fraction of sp³-hybridized carbons (Fsp3) is 0.143. The minimum Gasteiger partial charge on any atom is -0.279 e. The van der Waals surface area contributed by atoms with Gasteiger partial charge in [0, 0.05) is 5.02 Å². The van der Waals surface area contributed by atoms with E-state index in [1.165, 1.54) is 24.3 Å². The molecule has 0 aliphatic heterocycles. The zero-order valence-electron chi connectivity index (χ0n) is 10.9. The lowest BCUT2D eigenvalue weighted by Crippen LogP contribution is -2.15. The van der Waals surface area contributed by atoms with Crippen molar-refractivity contribution < 1.29 is 12.8 Å². The standard InChI is InChI=1S/C14H13ClFNO2S/c1-9-8-11(16)6-7-13(9)17-20(18,19)14-5-3-4-12(15)10(14)2/h3-8,17H,1-2H3. The van der Waals surface area contributed by atoms with E-state index in [4.69, 9.17) is 11.6 Å². The highest BCUT2D eigenvalue weighted by Gasteiger charge is 2.19. The van der Waals surface area contributed by atoms with Gasteiger partial charge in [0.25, 0.3) is 10.0 Å². The van der Waals surface area contributed by atoms with E-state index in [1.807, 2.05) is 0 Å². The monoisotopic (exact) mass is 313 g/mol. The number of nitrogens with one attached hydrogen (secondary N) is 1. The molecular formula is C14H13ClFNO2S. The number of benzene rings is 2. The molecule has 0 aliphatic rings. The number of hydrogen-bond acceptors (Lipinski definition) is 2. The maximum absolute atomic E-state index is 13.0. The first-order valence-electron chi connectivity index (χ1n) is 5.85. The normalized spacial score (nSPS) is 11.4. The van der Waals surface area contributed by atoms with E-state index in [0.717, 1.165) is 0 Å². The molecule has 1 N–H and O–H groups in total. The molecule has 0 heterocycles. The van der Waals surface area contributed by atoms with Crippen LogP contribution in [0.1, 0.15) is 11.1 Å². The van der Waals surface area contributed by atoms with Crippen molar-refractivity contribution in [2.45, 2.75) is 18.7 Å². The second kappa shape index (κ2) is 5.42. The second-order valence-electron chi connectivity index (χ2n) is 4.43. The van der Waals surface area contributed by atoms with Crippen LogP contribution in [0.4, 0.5) is 10.1 Å². The van der Waals surface area contributed by atoms with E-state index < -0.39 is 15.8 Å². The first-order chi connectivity index (χ1) is 9.31. The number of anilines is 1. The molecule has 2 rings (SSSR count). The predicted octanol–water partition coefficient (Wildman–Crippen LogP) is 3.90. The molecule has 0 atom stereocenters. The van der Waals surface area contributed by atoms with Crippen LogP contribution in [0.5, 0.6) is 0 Å². The quantitative estimate of drug-likeness (QED) is 0.934. The molecule has 2 aromatic rings. The van der Waals surface area contributed by atoms with Crippen LogP contribution in [-0.4, -0.2) is 8.42 Å². The van der Waals surface area contributed by atoms with Gasteiger partial charge in [0.2, 0.25) is 0 Å². The molecule has 0 unspecified atom stereocenters. The van der Waals surface area contributed by atoms with E-state index in [-0.39, 0.29) is 4.90 Å². The number of hydrogen-bond donors (Lipinski definition) is 1. The van der Waals surface area contributed by atoms with Crippen LogP contribution in [0.15, 0.2) is 41.3 Å². The molecule has 6 heteroatoms. The molecule has 106 valence electrons. The molecular weight excluding hydrogens is 301 g/mol. The Morgan fingerprint density at radius 1 is 1.15 bits per heavy atom. The van der Waals surface area contributed by atoms with Crippen molar-refractivity contribution in [3.05, 3.63) is 58.4 Å². The third-order valence-corrected chi connectivity index (χ3v) is 4.86. The topological polar surface area (TPSA) is 46.2 Å². The second-order valence-corrected chi connectivity index (χ2v) is 6.49. The first-order valence-corrected chi connectivity index (χ1v) is 7.71. The lowest BCUT2D eigenvalue weighted by molar-refractivity contribution is 0.600. The van der Waals surface area contributed by atoms with Gasteiger partial charge >= 0.3 is 0 Å². The number of halogens is 2. The van der Waals surface area contributed by atoms with Crippen molar-refractivity contribution in [3.8, 4) is 0 Å². The summed E-state index contributed by atoms with van der Waals surface area (Å²) >= 11 is 5.93. The summed E-state index contributed by atoms with van der Waals surface area (Å²) in [5.41, 5.74) is 1.32. The summed E-state index contributed by atoms with van der Waals surface area (Å²) in [6.45, 7) is 3.26. The zero-order valence-corrected chi connectivity index (χ0v) is 12.5. The SMILES string of the molecule is Cc1cc(F)ccc1NS(=O)(=O)c1cccc(Cl)c1C. The zero-order chi connectivity index (χ0) is 14.9. The Bertz CT molecular complexity index is 760. The molecule has 0 aromatic heterocycles. The van der Waals surface area contributed by atoms with Gasteiger partial charge in [-0.1, -0.05) is 17.7 Å². The molecule has 0 bridgehead atoms. The van der Waals surface area contributed by atoms with Gasteiger partial charge < -0.3 is 0 Å². The van der Waals surface area contributed by atoms with E-state index in [1.54, 1.807) is 26.0 Å². The van der Waals surface area contributed by atoms with Crippen molar-refractivity contribution >= 4 is 27.3 Å². The molecule has 0 saturated heterocycles. The minimum absolute atomic E-state index is 0.105. The van der Waals surface area contributed by atoms with Gasteiger partial charge in [-0.25, -0.2) is 12.8 Å². The van der Waals surface area contributed by atoms with Crippen LogP contribution in [-0.2, 0) is 10.0 Å². The van der Waals surface area contributed by atoms with Crippen LogP contribution >= 0.6 is 11.6 Å². The van der Waals surface area contributed by atoms with Crippen molar-refractivity contribution in [1.29, 1.82) is 0 Å². The van der Waals surface area contributed by atoms with Gasteiger partial charge in [-0.3, -0.25) is 4.72 Å². The van der Waals surface area contributed by atoms with Gasteiger partial charge in [-0.05, 0) is 55.3 Å². The third kappa shape index (κ3) is 2.94.